The van der Waals surface area contributed by atoms with Crippen LogP contribution in [0.1, 0.15) is 113 Å². The molecule has 2 heterocycles. The molecule has 0 spiro atoms. The van der Waals surface area contributed by atoms with Gasteiger partial charge in [0.15, 0.2) is 12.6 Å². The van der Waals surface area contributed by atoms with Gasteiger partial charge in [0.25, 0.3) is 0 Å². The van der Waals surface area contributed by atoms with Gasteiger partial charge < -0.3 is 60.0 Å². The number of aliphatic hydroxyl groups excluding tert-OH is 6. The van der Waals surface area contributed by atoms with Crippen molar-refractivity contribution in [2.45, 2.75) is 181 Å². The fraction of sp³-hybridized carbons (Fsp3) is 0.907. The van der Waals surface area contributed by atoms with Crippen molar-refractivity contribution in [1.82, 2.24) is 5.32 Å². The predicted molar refractivity (Wildman–Crippen MR) is 205 cm³/mol. The van der Waals surface area contributed by atoms with E-state index < -0.39 is 84.1 Å². The van der Waals surface area contributed by atoms with E-state index in [0.717, 1.165) is 38.5 Å². The monoisotopic (exact) mass is 807 g/mol. The van der Waals surface area contributed by atoms with E-state index >= 15 is 0 Å². The van der Waals surface area contributed by atoms with Crippen molar-refractivity contribution in [1.29, 1.82) is 0 Å². The smallest absolute Gasteiger partial charge is 0.312 e. The van der Waals surface area contributed by atoms with E-state index in [2.05, 4.69) is 59.9 Å². The van der Waals surface area contributed by atoms with E-state index in [0.29, 0.717) is 19.3 Å². The van der Waals surface area contributed by atoms with Crippen molar-refractivity contribution >= 4 is 11.9 Å². The average molecular weight is 808 g/mol. The molecule has 14 nitrogen and oxygen atoms in total. The second-order valence-corrected chi connectivity index (χ2v) is 21.1. The maximum Gasteiger partial charge on any atom is 0.312 e. The molecule has 3 unspecified atom stereocenters. The Labute approximate surface area is 336 Å². The molecule has 4 saturated carbocycles. The number of nitrogens with one attached hydrogen (secondary N) is 1. The molecule has 2 aliphatic heterocycles. The molecule has 0 aromatic heterocycles. The number of hydrogen-bond acceptors (Lipinski definition) is 12. The lowest BCUT2D eigenvalue weighted by Crippen LogP contribution is -2.68. The molecule has 0 aromatic rings. The molecule has 18 atom stereocenters. The van der Waals surface area contributed by atoms with Crippen molar-refractivity contribution in [2.24, 2.45) is 50.2 Å². The highest BCUT2D eigenvalue weighted by Crippen LogP contribution is 2.76. The second-order valence-electron chi connectivity index (χ2n) is 21.1. The Kier molecular flexibility index (Phi) is 11.2. The van der Waals surface area contributed by atoms with Crippen LogP contribution in [0.5, 0.6) is 0 Å². The highest BCUT2D eigenvalue weighted by atomic mass is 16.7. The first-order chi connectivity index (χ1) is 26.4. The number of aliphatic carboxylic acids is 1. The van der Waals surface area contributed by atoms with E-state index in [-0.39, 0.29) is 58.7 Å². The minimum atomic E-state index is -1.55. The zero-order valence-electron chi connectivity index (χ0n) is 35.0. The third-order valence-corrected chi connectivity index (χ3v) is 17.3. The van der Waals surface area contributed by atoms with Crippen LogP contribution in [0.3, 0.4) is 0 Å². The Morgan fingerprint density at radius 3 is 2.21 bits per heavy atom. The zero-order valence-corrected chi connectivity index (χ0v) is 35.0. The zero-order chi connectivity index (χ0) is 41.8. The summed E-state index contributed by atoms with van der Waals surface area (Å²) in [4.78, 5) is 25.5. The first-order valence-electron chi connectivity index (χ1n) is 21.3. The van der Waals surface area contributed by atoms with Crippen LogP contribution < -0.4 is 5.32 Å². The van der Waals surface area contributed by atoms with E-state index in [4.69, 9.17) is 18.9 Å². The van der Waals surface area contributed by atoms with Gasteiger partial charge in [-0.2, -0.15) is 0 Å². The number of rotatable bonds is 7. The molecule has 5 aliphatic carbocycles. The molecule has 14 heteroatoms. The van der Waals surface area contributed by atoms with Crippen LogP contribution in [0.25, 0.3) is 0 Å². The van der Waals surface area contributed by atoms with Gasteiger partial charge in [-0.1, -0.05) is 60.1 Å². The second kappa shape index (κ2) is 14.7. The number of carbonyl (C=O) groups is 2. The molecule has 7 aliphatic rings. The Morgan fingerprint density at radius 2 is 1.54 bits per heavy atom. The number of hydrogen-bond donors (Lipinski definition) is 8. The quantitative estimate of drug-likeness (QED) is 0.137. The Morgan fingerprint density at radius 1 is 0.842 bits per heavy atom. The minimum absolute atomic E-state index is 0.0191. The summed E-state index contributed by atoms with van der Waals surface area (Å²) < 4.78 is 24.2. The number of ether oxygens (including phenoxy) is 4. The van der Waals surface area contributed by atoms with Gasteiger partial charge >= 0.3 is 5.97 Å². The van der Waals surface area contributed by atoms with Gasteiger partial charge in [0.2, 0.25) is 5.91 Å². The fourth-order valence-electron chi connectivity index (χ4n) is 13.8. The maximum atomic E-state index is 13.1. The summed E-state index contributed by atoms with van der Waals surface area (Å²) in [6, 6.07) is -1.09. The normalized spacial score (nSPS) is 51.6. The minimum Gasteiger partial charge on any atom is -0.481 e. The summed E-state index contributed by atoms with van der Waals surface area (Å²) in [5.74, 6) is -1.04. The molecule has 324 valence electrons. The van der Waals surface area contributed by atoms with Gasteiger partial charge in [-0.05, 0) is 103 Å². The molecular weight excluding hydrogens is 738 g/mol. The standard InChI is InChI=1S/C43H69NO13/c1-21(45)44-30-33(50)32(49)25(20-55-36-34(51)31(48)24(46)19-54-36)56-35(30)57-29-12-13-40(6)26(39(29,4)5)11-14-41(7)27(40)10-9-22-23-17-38(2,3)15-16-43(23,37(52)53)28(47)18-42(22,41)8/h9,23-36,46-51H,10-20H2,1-8H3,(H,44,45)(H,52,53)/t23?,24-,25+,26?,27?,28+,29-,30+,31-,32+,33+,34+,35-,36-,40-,41+,42+,43+/m0/s1. The Bertz CT molecular complexity index is 1590. The molecule has 6 fully saturated rings. The van der Waals surface area contributed by atoms with Gasteiger partial charge in [-0.3, -0.25) is 9.59 Å². The fourth-order valence-corrected chi connectivity index (χ4v) is 13.8. The van der Waals surface area contributed by atoms with Gasteiger partial charge in [0, 0.05) is 6.92 Å². The Hall–Kier alpha value is -1.72. The molecule has 0 radical (unpaired) electrons. The summed E-state index contributed by atoms with van der Waals surface area (Å²) in [6.07, 6.45) is -3.25. The molecule has 7 rings (SSSR count). The molecule has 0 aromatic carbocycles. The number of allylic oxidation sites excluding steroid dienone is 2. The van der Waals surface area contributed by atoms with E-state index in [1.165, 1.54) is 12.5 Å². The molecule has 57 heavy (non-hydrogen) atoms. The van der Waals surface area contributed by atoms with Crippen molar-refractivity contribution in [3.63, 3.8) is 0 Å². The highest BCUT2D eigenvalue weighted by Gasteiger charge is 2.71. The number of carboxylic acid groups (broad SMARTS) is 1. The van der Waals surface area contributed by atoms with Gasteiger partial charge in [-0.15, -0.1) is 0 Å². The summed E-state index contributed by atoms with van der Waals surface area (Å²) in [7, 11) is 0. The van der Waals surface area contributed by atoms with Crippen molar-refractivity contribution in [3.8, 4) is 0 Å². The first-order valence-corrected chi connectivity index (χ1v) is 21.3. The van der Waals surface area contributed by atoms with Crippen molar-refractivity contribution in [3.05, 3.63) is 11.6 Å². The molecule has 0 bridgehead atoms. The van der Waals surface area contributed by atoms with Gasteiger partial charge in [-0.25, -0.2) is 0 Å². The number of fused-ring (bicyclic) bond motifs is 7. The van der Waals surface area contributed by atoms with Crippen LogP contribution in [0.2, 0.25) is 0 Å². The molecule has 2 saturated heterocycles. The van der Waals surface area contributed by atoms with Gasteiger partial charge in [0.1, 0.15) is 48.1 Å². The van der Waals surface area contributed by atoms with Crippen LogP contribution >= 0.6 is 0 Å². The highest BCUT2D eigenvalue weighted by molar-refractivity contribution is 5.77. The van der Waals surface area contributed by atoms with Gasteiger partial charge in [0.05, 0.1) is 25.4 Å². The number of carbonyl (C=O) groups excluding carboxylic acids is 1. The van der Waals surface area contributed by atoms with Crippen LogP contribution in [-0.4, -0.2) is 128 Å². The number of amides is 1. The predicted octanol–water partition coefficient (Wildman–Crippen LogP) is 2.64. The third-order valence-electron chi connectivity index (χ3n) is 17.3. The summed E-state index contributed by atoms with van der Waals surface area (Å²) >= 11 is 0. The lowest BCUT2D eigenvalue weighted by atomic mass is 9.33. The van der Waals surface area contributed by atoms with E-state index in [9.17, 15) is 45.3 Å². The van der Waals surface area contributed by atoms with Crippen LogP contribution in [0.4, 0.5) is 0 Å². The average Bonchev–Trinajstić information content (AvgIpc) is 3.11. The third kappa shape index (κ3) is 6.66. The summed E-state index contributed by atoms with van der Waals surface area (Å²) in [5, 5.41) is 78.2. The van der Waals surface area contributed by atoms with Crippen LogP contribution in [0.15, 0.2) is 11.6 Å². The first kappa shape index (κ1) is 43.4. The lowest BCUT2D eigenvalue weighted by Gasteiger charge is -2.71. The molecule has 8 N–H and O–H groups in total. The van der Waals surface area contributed by atoms with Crippen LogP contribution in [-0.2, 0) is 28.5 Å². The van der Waals surface area contributed by atoms with Crippen molar-refractivity contribution in [2.75, 3.05) is 13.2 Å². The van der Waals surface area contributed by atoms with Crippen molar-refractivity contribution < 1.29 is 64.3 Å². The molecule has 1 amide bonds. The lowest BCUT2D eigenvalue weighted by molar-refractivity contribution is -0.322. The van der Waals surface area contributed by atoms with E-state index in [1.54, 1.807) is 0 Å². The number of carboxylic acids is 1. The SMILES string of the molecule is CC(=O)N[C@H]1[C@H](O[C@H]2CC[C@@]3(C)C(CC[C@]4(C)C3CC=C3C5CC(C)(C)CC[C@]5(C(=O)O)[C@H](O)C[C@]34C)C2(C)C)O[C@H](CO[C@@H]2OC[C@H](O)[C@H](O)[C@H]2O)[C@@H](O)[C@@H]1O. The largest absolute Gasteiger partial charge is 0.481 e. The molecular formula is C43H69NO13. The Balaban J connectivity index is 1.13. The van der Waals surface area contributed by atoms with Crippen LogP contribution in [0, 0.1) is 50.2 Å². The van der Waals surface area contributed by atoms with E-state index in [1.807, 2.05) is 0 Å². The summed E-state index contributed by atoms with van der Waals surface area (Å²) in [5.41, 5.74) is -1.00. The maximum absolute atomic E-state index is 13.1. The number of aliphatic hydroxyl groups is 6. The summed E-state index contributed by atoms with van der Waals surface area (Å²) in [6.45, 7) is 16.7. The topological polar surface area (TPSA) is 225 Å².